The number of H-pyrrole nitrogens is 1. The van der Waals surface area contributed by atoms with Gasteiger partial charge < -0.3 is 19.4 Å². The van der Waals surface area contributed by atoms with E-state index in [1.54, 1.807) is 28.8 Å². The fourth-order valence-corrected chi connectivity index (χ4v) is 3.54. The number of halogens is 2. The molecule has 0 spiro atoms. The van der Waals surface area contributed by atoms with Gasteiger partial charge in [0, 0.05) is 24.4 Å². The second kappa shape index (κ2) is 8.75. The van der Waals surface area contributed by atoms with Crippen molar-refractivity contribution in [1.29, 1.82) is 0 Å². The molecular weight excluding hydrogens is 418 g/mol. The zero-order valence-corrected chi connectivity index (χ0v) is 17.8. The maximum Gasteiger partial charge on any atom is 0.272 e. The Morgan fingerprint density at radius 1 is 1.28 bits per heavy atom. The van der Waals surface area contributed by atoms with Gasteiger partial charge in [-0.15, -0.1) is 0 Å². The highest BCUT2D eigenvalue weighted by atomic mass is 19.1. The zero-order valence-electron chi connectivity index (χ0n) is 17.8. The molecule has 2 N–H and O–H groups in total. The van der Waals surface area contributed by atoms with Gasteiger partial charge in [-0.25, -0.2) is 9.37 Å². The molecule has 166 valence electrons. The number of rotatable bonds is 7. The minimum absolute atomic E-state index is 0.205. The first kappa shape index (κ1) is 21.4. The monoisotopic (exact) mass is 440 g/mol. The second-order valence-corrected chi connectivity index (χ2v) is 7.61. The summed E-state index contributed by atoms with van der Waals surface area (Å²) in [6.45, 7) is 0.439. The number of likely N-dealkylation sites (N-methyl/N-ethyl adjacent to an activating group) is 1. The van der Waals surface area contributed by atoms with Gasteiger partial charge >= 0.3 is 0 Å². The van der Waals surface area contributed by atoms with Crippen LogP contribution in [0.5, 0.6) is 5.75 Å². The molecule has 3 heterocycles. The lowest BCUT2D eigenvalue weighted by atomic mass is 10.1. The van der Waals surface area contributed by atoms with E-state index in [0.29, 0.717) is 34.5 Å². The Balaban J connectivity index is 1.63. The summed E-state index contributed by atoms with van der Waals surface area (Å²) in [6.07, 6.45) is 4.54. The van der Waals surface area contributed by atoms with Gasteiger partial charge in [0.25, 0.3) is 5.91 Å². The Labute approximate surface area is 182 Å². The molecule has 4 rings (SSSR count). The molecule has 0 fully saturated rings. The highest BCUT2D eigenvalue weighted by molar-refractivity contribution is 5.99. The van der Waals surface area contributed by atoms with Crippen molar-refractivity contribution < 1.29 is 18.3 Å². The Morgan fingerprint density at radius 2 is 2.09 bits per heavy atom. The van der Waals surface area contributed by atoms with Crippen LogP contribution in [0.2, 0.25) is 0 Å². The number of amides is 1. The lowest BCUT2D eigenvalue weighted by Gasteiger charge is -2.23. The molecule has 1 aromatic carbocycles. The Kier molecular flexibility index (Phi) is 5.87. The molecule has 1 atom stereocenters. The van der Waals surface area contributed by atoms with Crippen molar-refractivity contribution in [2.75, 3.05) is 27.7 Å². The van der Waals surface area contributed by atoms with Crippen LogP contribution in [0, 0.1) is 11.8 Å². The van der Waals surface area contributed by atoms with Crippen LogP contribution in [-0.2, 0) is 0 Å². The largest absolute Gasteiger partial charge is 0.497 e. The maximum absolute atomic E-state index is 14.1. The van der Waals surface area contributed by atoms with E-state index in [4.69, 9.17) is 4.74 Å². The highest BCUT2D eigenvalue weighted by Crippen LogP contribution is 2.25. The third-order valence-electron chi connectivity index (χ3n) is 5.03. The maximum atomic E-state index is 14.1. The van der Waals surface area contributed by atoms with Crippen molar-refractivity contribution in [3.8, 4) is 16.9 Å². The number of fused-ring (bicyclic) bond motifs is 1. The zero-order chi connectivity index (χ0) is 22.8. The molecule has 4 aromatic rings. The van der Waals surface area contributed by atoms with Crippen molar-refractivity contribution in [3.05, 3.63) is 72.1 Å². The van der Waals surface area contributed by atoms with Crippen LogP contribution < -0.4 is 10.1 Å². The average Bonchev–Trinajstić information content (AvgIpc) is 3.37. The summed E-state index contributed by atoms with van der Waals surface area (Å²) in [5, 5.41) is 8.88. The van der Waals surface area contributed by atoms with Crippen LogP contribution >= 0.6 is 0 Å². The van der Waals surface area contributed by atoms with E-state index in [-0.39, 0.29) is 5.69 Å². The molecule has 0 aliphatic rings. The van der Waals surface area contributed by atoms with Crippen LogP contribution in [-0.4, -0.2) is 58.1 Å². The lowest BCUT2D eigenvalue weighted by Crippen LogP contribution is -2.35. The summed E-state index contributed by atoms with van der Waals surface area (Å²) in [7, 11) is 5.18. The molecule has 0 saturated heterocycles. The van der Waals surface area contributed by atoms with Crippen LogP contribution in [0.25, 0.3) is 16.6 Å². The molecule has 8 nitrogen and oxygen atoms in total. The van der Waals surface area contributed by atoms with Crippen molar-refractivity contribution in [2.45, 2.75) is 6.04 Å². The number of hydrogen-bond donors (Lipinski definition) is 2. The van der Waals surface area contributed by atoms with Gasteiger partial charge in [-0.1, -0.05) is 6.07 Å². The van der Waals surface area contributed by atoms with E-state index >= 15 is 0 Å². The number of hydrogen-bond acceptors (Lipinski definition) is 5. The number of nitrogens with one attached hydrogen (secondary N) is 2. The quantitative estimate of drug-likeness (QED) is 0.461. The Hall–Kier alpha value is -3.79. The molecule has 1 amide bonds. The Morgan fingerprint density at radius 3 is 2.78 bits per heavy atom. The van der Waals surface area contributed by atoms with Gasteiger partial charge in [-0.3, -0.25) is 9.89 Å². The van der Waals surface area contributed by atoms with E-state index in [9.17, 15) is 13.6 Å². The van der Waals surface area contributed by atoms with Gasteiger partial charge in [0.2, 0.25) is 5.95 Å². The summed E-state index contributed by atoms with van der Waals surface area (Å²) < 4.78 is 34.7. The molecule has 0 aliphatic heterocycles. The van der Waals surface area contributed by atoms with Crippen LogP contribution in [0.15, 0.2) is 49.1 Å². The summed E-state index contributed by atoms with van der Waals surface area (Å²) in [5.74, 6) is -1.04. The first-order valence-corrected chi connectivity index (χ1v) is 9.81. The van der Waals surface area contributed by atoms with E-state index < -0.39 is 23.7 Å². The molecule has 0 radical (unpaired) electrons. The van der Waals surface area contributed by atoms with Gasteiger partial charge in [0.15, 0.2) is 5.69 Å². The number of aromatic amines is 1. The van der Waals surface area contributed by atoms with Gasteiger partial charge in [0.1, 0.15) is 17.9 Å². The topological polar surface area (TPSA) is 87.6 Å². The predicted octanol–water partition coefficient (Wildman–Crippen LogP) is 3.04. The van der Waals surface area contributed by atoms with Crippen molar-refractivity contribution in [2.24, 2.45) is 0 Å². The SMILES string of the molecule is COc1cc(F)cc([C@@H](CN(C)C)NC(=O)c2ncn3cc(-c4cn[nH]c4F)ccc23)c1. The molecular formula is C22H22F2N6O2. The smallest absolute Gasteiger partial charge is 0.272 e. The molecule has 10 heteroatoms. The van der Waals surface area contributed by atoms with E-state index in [0.717, 1.165) is 0 Å². The lowest BCUT2D eigenvalue weighted by molar-refractivity contribution is 0.0927. The first-order valence-electron chi connectivity index (χ1n) is 9.81. The third-order valence-corrected chi connectivity index (χ3v) is 5.03. The van der Waals surface area contributed by atoms with Crippen molar-refractivity contribution in [3.63, 3.8) is 0 Å². The minimum Gasteiger partial charge on any atom is -0.497 e. The van der Waals surface area contributed by atoms with E-state index in [2.05, 4.69) is 20.5 Å². The van der Waals surface area contributed by atoms with Gasteiger partial charge in [0.05, 0.1) is 30.4 Å². The molecule has 0 unspecified atom stereocenters. The molecule has 3 aromatic heterocycles. The third kappa shape index (κ3) is 4.30. The fourth-order valence-electron chi connectivity index (χ4n) is 3.54. The number of benzene rings is 1. The van der Waals surface area contributed by atoms with Crippen molar-refractivity contribution >= 4 is 11.4 Å². The normalized spacial score (nSPS) is 12.3. The summed E-state index contributed by atoms with van der Waals surface area (Å²) >= 11 is 0. The van der Waals surface area contributed by atoms with Gasteiger partial charge in [-0.05, 0) is 37.9 Å². The van der Waals surface area contributed by atoms with Crippen LogP contribution in [0.4, 0.5) is 8.78 Å². The standard InChI is InChI=1S/C22H22F2N6O2/c1-29(2)11-18(14-6-15(23)8-16(7-14)32-3)27-22(31)20-19-5-4-13(10-30(19)12-25-20)17-9-26-28-21(17)24/h4-10,12,18H,11H2,1-3H3,(H,26,28)(H,27,31)/t18-/m1/s1. The van der Waals surface area contributed by atoms with Crippen LogP contribution in [0.1, 0.15) is 22.1 Å². The van der Waals surface area contributed by atoms with Crippen molar-refractivity contribution in [1.82, 2.24) is 29.8 Å². The predicted molar refractivity (Wildman–Crippen MR) is 114 cm³/mol. The van der Waals surface area contributed by atoms with Crippen LogP contribution in [0.3, 0.4) is 0 Å². The Bertz CT molecular complexity index is 1270. The number of methoxy groups -OCH3 is 1. The number of carbonyl (C=O) groups excluding carboxylic acids is 1. The van der Waals surface area contributed by atoms with E-state index in [1.165, 1.54) is 31.8 Å². The number of ether oxygens (including phenoxy) is 1. The summed E-state index contributed by atoms with van der Waals surface area (Å²) in [5.41, 5.74) is 2.24. The van der Waals surface area contributed by atoms with E-state index in [1.807, 2.05) is 19.0 Å². The number of nitrogens with zero attached hydrogens (tertiary/aromatic N) is 4. The average molecular weight is 440 g/mol. The number of pyridine rings is 1. The molecule has 0 bridgehead atoms. The summed E-state index contributed by atoms with van der Waals surface area (Å²) in [6, 6.07) is 7.22. The first-order chi connectivity index (χ1) is 15.4. The molecule has 0 saturated carbocycles. The summed E-state index contributed by atoms with van der Waals surface area (Å²) in [4.78, 5) is 19.2. The minimum atomic E-state index is -0.542. The highest BCUT2D eigenvalue weighted by Gasteiger charge is 2.21. The second-order valence-electron chi connectivity index (χ2n) is 7.61. The number of imidazole rings is 1. The molecule has 32 heavy (non-hydrogen) atoms. The molecule has 0 aliphatic carbocycles. The fraction of sp³-hybridized carbons (Fsp3) is 0.227. The number of carbonyl (C=O) groups is 1. The number of aromatic nitrogens is 4. The van der Waals surface area contributed by atoms with Gasteiger partial charge in [-0.2, -0.15) is 9.49 Å².